The predicted octanol–water partition coefficient (Wildman–Crippen LogP) is 2.17. The van der Waals surface area contributed by atoms with Crippen LogP contribution in [0, 0.1) is 13.8 Å². The zero-order valence-corrected chi connectivity index (χ0v) is 15.6. The van der Waals surface area contributed by atoms with Crippen LogP contribution in [-0.2, 0) is 4.79 Å². The fourth-order valence-electron chi connectivity index (χ4n) is 3.34. The first-order valence-corrected chi connectivity index (χ1v) is 8.88. The Labute approximate surface area is 149 Å². The first-order valence-electron chi connectivity index (χ1n) is 8.88. The molecule has 6 nitrogen and oxygen atoms in total. The molecule has 3 rings (SSSR count). The van der Waals surface area contributed by atoms with Gasteiger partial charge in [-0.25, -0.2) is 9.50 Å². The second-order valence-electron chi connectivity index (χ2n) is 7.14. The van der Waals surface area contributed by atoms with E-state index in [-0.39, 0.29) is 5.91 Å². The fourth-order valence-corrected chi connectivity index (χ4v) is 3.34. The number of piperidine rings is 1. The van der Waals surface area contributed by atoms with Crippen molar-refractivity contribution in [3.63, 3.8) is 0 Å². The molecule has 0 saturated carbocycles. The van der Waals surface area contributed by atoms with Crippen molar-refractivity contribution in [3.8, 4) is 0 Å². The maximum atomic E-state index is 12.2. The highest BCUT2D eigenvalue weighted by molar-refractivity contribution is 5.87. The van der Waals surface area contributed by atoms with Crippen LogP contribution in [0.4, 0.5) is 0 Å². The van der Waals surface area contributed by atoms with Crippen LogP contribution in [0.2, 0.25) is 0 Å². The van der Waals surface area contributed by atoms with E-state index in [0.717, 1.165) is 55.2 Å². The molecule has 0 bridgehead atoms. The Morgan fingerprint density at radius 3 is 2.68 bits per heavy atom. The van der Waals surface area contributed by atoms with Crippen LogP contribution in [0.1, 0.15) is 35.8 Å². The van der Waals surface area contributed by atoms with Crippen LogP contribution < -0.4 is 0 Å². The number of hydrogen-bond donors (Lipinski definition) is 0. The standard InChI is InChI=1S/C19H27N5O/c1-14-12-18-20-17(13-15(2)24(18)21-14)16-7-10-23(11-8-16)19(25)6-5-9-22(3)4/h5-6,12-13,16H,7-11H2,1-4H3/b6-5+. The van der Waals surface area contributed by atoms with Gasteiger partial charge in [-0.05, 0) is 46.9 Å². The van der Waals surface area contributed by atoms with Crippen LogP contribution in [-0.4, -0.2) is 64.0 Å². The van der Waals surface area contributed by atoms with Crippen LogP contribution in [0.3, 0.4) is 0 Å². The monoisotopic (exact) mass is 341 g/mol. The molecule has 1 aliphatic heterocycles. The van der Waals surface area contributed by atoms with Crippen molar-refractivity contribution in [3.05, 3.63) is 41.4 Å². The number of carbonyl (C=O) groups is 1. The lowest BCUT2D eigenvalue weighted by atomic mass is 9.93. The molecule has 2 aromatic heterocycles. The summed E-state index contributed by atoms with van der Waals surface area (Å²) in [6.45, 7) is 6.43. The van der Waals surface area contributed by atoms with Gasteiger partial charge in [0, 0.05) is 49.1 Å². The highest BCUT2D eigenvalue weighted by atomic mass is 16.2. The molecule has 1 fully saturated rings. The van der Waals surface area contributed by atoms with Crippen molar-refractivity contribution in [2.45, 2.75) is 32.6 Å². The van der Waals surface area contributed by atoms with Crippen LogP contribution in [0.25, 0.3) is 5.65 Å². The average Bonchev–Trinajstić information content (AvgIpc) is 2.95. The summed E-state index contributed by atoms with van der Waals surface area (Å²) >= 11 is 0. The smallest absolute Gasteiger partial charge is 0.246 e. The normalized spacial score (nSPS) is 16.4. The Bertz CT molecular complexity index is 784. The molecule has 2 aromatic rings. The topological polar surface area (TPSA) is 53.7 Å². The summed E-state index contributed by atoms with van der Waals surface area (Å²) in [7, 11) is 3.99. The number of aryl methyl sites for hydroxylation is 2. The minimum Gasteiger partial charge on any atom is -0.339 e. The van der Waals surface area contributed by atoms with E-state index in [0.29, 0.717) is 5.92 Å². The first-order chi connectivity index (χ1) is 11.9. The van der Waals surface area contributed by atoms with E-state index in [2.05, 4.69) is 18.1 Å². The third kappa shape index (κ3) is 4.07. The first kappa shape index (κ1) is 17.6. The third-order valence-electron chi connectivity index (χ3n) is 4.70. The quantitative estimate of drug-likeness (QED) is 0.800. The Morgan fingerprint density at radius 2 is 2.00 bits per heavy atom. The summed E-state index contributed by atoms with van der Waals surface area (Å²) in [4.78, 5) is 21.0. The van der Waals surface area contributed by atoms with Crippen LogP contribution in [0.15, 0.2) is 24.3 Å². The molecule has 0 aromatic carbocycles. The van der Waals surface area contributed by atoms with Gasteiger partial charge in [0.1, 0.15) is 0 Å². The molecule has 0 aliphatic carbocycles. The lowest BCUT2D eigenvalue weighted by molar-refractivity contribution is -0.127. The number of amides is 1. The molecule has 134 valence electrons. The highest BCUT2D eigenvalue weighted by Gasteiger charge is 2.24. The summed E-state index contributed by atoms with van der Waals surface area (Å²) in [6.07, 6.45) is 5.55. The van der Waals surface area contributed by atoms with Gasteiger partial charge in [0.25, 0.3) is 0 Å². The molecule has 6 heteroatoms. The van der Waals surface area contributed by atoms with Gasteiger partial charge in [-0.1, -0.05) is 6.08 Å². The van der Waals surface area contributed by atoms with Crippen molar-refractivity contribution in [1.82, 2.24) is 24.4 Å². The van der Waals surface area contributed by atoms with Gasteiger partial charge in [-0.15, -0.1) is 0 Å². The molecule has 0 N–H and O–H groups in total. The Kier molecular flexibility index (Phi) is 5.18. The summed E-state index contributed by atoms with van der Waals surface area (Å²) in [5, 5.41) is 4.47. The summed E-state index contributed by atoms with van der Waals surface area (Å²) in [5.74, 6) is 0.528. The van der Waals surface area contributed by atoms with Gasteiger partial charge >= 0.3 is 0 Å². The lowest BCUT2D eigenvalue weighted by Gasteiger charge is -2.31. The second-order valence-corrected chi connectivity index (χ2v) is 7.14. The van der Waals surface area contributed by atoms with Gasteiger partial charge in [-0.2, -0.15) is 5.10 Å². The van der Waals surface area contributed by atoms with E-state index in [1.807, 2.05) is 47.5 Å². The molecule has 1 amide bonds. The van der Waals surface area contributed by atoms with Crippen LogP contribution >= 0.6 is 0 Å². The van der Waals surface area contributed by atoms with Gasteiger partial charge in [-0.3, -0.25) is 4.79 Å². The number of hydrogen-bond acceptors (Lipinski definition) is 4. The maximum absolute atomic E-state index is 12.2. The minimum absolute atomic E-state index is 0.117. The van der Waals surface area contributed by atoms with Crippen molar-refractivity contribution in [2.24, 2.45) is 0 Å². The number of likely N-dealkylation sites (tertiary alicyclic amines) is 1. The second kappa shape index (κ2) is 7.35. The van der Waals surface area contributed by atoms with Gasteiger partial charge in [0.15, 0.2) is 5.65 Å². The van der Waals surface area contributed by atoms with Gasteiger partial charge in [0.2, 0.25) is 5.91 Å². The van der Waals surface area contributed by atoms with E-state index >= 15 is 0 Å². The van der Waals surface area contributed by atoms with E-state index < -0.39 is 0 Å². The van der Waals surface area contributed by atoms with Crippen LogP contribution in [0.5, 0.6) is 0 Å². The highest BCUT2D eigenvalue weighted by Crippen LogP contribution is 2.28. The molecular weight excluding hydrogens is 314 g/mol. The van der Waals surface area contributed by atoms with E-state index in [1.165, 1.54) is 0 Å². The Hall–Kier alpha value is -2.21. The number of fused-ring (bicyclic) bond motifs is 1. The van der Waals surface area contributed by atoms with Gasteiger partial charge in [0.05, 0.1) is 5.69 Å². The Balaban J connectivity index is 1.64. The van der Waals surface area contributed by atoms with Crippen molar-refractivity contribution >= 4 is 11.6 Å². The fraction of sp³-hybridized carbons (Fsp3) is 0.526. The number of nitrogens with zero attached hydrogens (tertiary/aromatic N) is 5. The number of carbonyl (C=O) groups excluding carboxylic acids is 1. The lowest BCUT2D eigenvalue weighted by Crippen LogP contribution is -2.37. The van der Waals surface area contributed by atoms with Gasteiger partial charge < -0.3 is 9.80 Å². The zero-order valence-electron chi connectivity index (χ0n) is 15.6. The van der Waals surface area contributed by atoms with Crippen molar-refractivity contribution in [2.75, 3.05) is 33.7 Å². The molecule has 25 heavy (non-hydrogen) atoms. The minimum atomic E-state index is 0.117. The summed E-state index contributed by atoms with van der Waals surface area (Å²) < 4.78 is 1.90. The Morgan fingerprint density at radius 1 is 1.28 bits per heavy atom. The predicted molar refractivity (Wildman–Crippen MR) is 98.7 cm³/mol. The van der Waals surface area contributed by atoms with Crippen molar-refractivity contribution in [1.29, 1.82) is 0 Å². The molecule has 1 aliphatic rings. The molecule has 0 atom stereocenters. The third-order valence-corrected chi connectivity index (χ3v) is 4.70. The summed E-state index contributed by atoms with van der Waals surface area (Å²) in [5.41, 5.74) is 4.13. The molecular formula is C19H27N5O. The zero-order chi connectivity index (χ0) is 18.0. The summed E-state index contributed by atoms with van der Waals surface area (Å²) in [6, 6.07) is 4.16. The number of likely N-dealkylation sites (N-methyl/N-ethyl adjacent to an activating group) is 1. The van der Waals surface area contributed by atoms with Crippen molar-refractivity contribution < 1.29 is 4.79 Å². The molecule has 1 saturated heterocycles. The number of rotatable bonds is 4. The van der Waals surface area contributed by atoms with E-state index in [1.54, 1.807) is 6.08 Å². The maximum Gasteiger partial charge on any atom is 0.246 e. The average molecular weight is 341 g/mol. The number of aromatic nitrogens is 3. The molecule has 0 spiro atoms. The SMILES string of the molecule is Cc1cc2nc(C3CCN(C(=O)/C=C/CN(C)C)CC3)cc(C)n2n1. The molecule has 0 radical (unpaired) electrons. The van der Waals surface area contributed by atoms with E-state index in [4.69, 9.17) is 4.98 Å². The largest absolute Gasteiger partial charge is 0.339 e. The molecule has 0 unspecified atom stereocenters. The van der Waals surface area contributed by atoms with E-state index in [9.17, 15) is 4.79 Å². The molecule has 3 heterocycles.